The van der Waals surface area contributed by atoms with Crippen LogP contribution < -0.4 is 0 Å². The van der Waals surface area contributed by atoms with E-state index in [-0.39, 0.29) is 0 Å². The molecular formula is C4H10Cl2O2S3. The topological polar surface area (TPSA) is 34.1 Å². The molecule has 0 N–H and O–H groups in total. The highest BCUT2D eigenvalue weighted by Crippen LogP contribution is 2.18. The summed E-state index contributed by atoms with van der Waals surface area (Å²) in [5.41, 5.74) is 0. The minimum Gasteiger partial charge on any atom is -0.195 e. The molecule has 0 amide bonds. The van der Waals surface area contributed by atoms with Gasteiger partial charge in [-0.05, 0) is 0 Å². The van der Waals surface area contributed by atoms with Crippen LogP contribution in [0, 0.1) is 0 Å². The largest absolute Gasteiger partial charge is 0.317 e. The molecule has 0 aliphatic carbocycles. The zero-order valence-corrected chi connectivity index (χ0v) is 10.2. The van der Waals surface area contributed by atoms with Crippen LogP contribution in [0.3, 0.4) is 0 Å². The summed E-state index contributed by atoms with van der Waals surface area (Å²) in [4.78, 5) is 0. The maximum absolute atomic E-state index is 9.16. The van der Waals surface area contributed by atoms with E-state index in [2.05, 4.69) is 35.2 Å². The van der Waals surface area contributed by atoms with Crippen LogP contribution in [0.15, 0.2) is 0 Å². The first-order valence-corrected chi connectivity index (χ1v) is 8.42. The van der Waals surface area contributed by atoms with Crippen LogP contribution >= 0.6 is 43.0 Å². The van der Waals surface area contributed by atoms with Gasteiger partial charge in [-0.25, -0.2) is 0 Å². The maximum Gasteiger partial charge on any atom is 0.317 e. The smallest absolute Gasteiger partial charge is 0.195 e. The van der Waals surface area contributed by atoms with Crippen LogP contribution in [0.5, 0.6) is 0 Å². The van der Waals surface area contributed by atoms with Crippen molar-refractivity contribution >= 4 is 51.2 Å². The van der Waals surface area contributed by atoms with Gasteiger partial charge in [-0.1, -0.05) is 35.4 Å². The van der Waals surface area contributed by atoms with Crippen LogP contribution in [-0.2, 0) is 8.26 Å². The van der Waals surface area contributed by atoms with Gasteiger partial charge >= 0.3 is 8.26 Å². The van der Waals surface area contributed by atoms with Gasteiger partial charge in [-0.3, -0.25) is 0 Å². The lowest BCUT2D eigenvalue weighted by Crippen LogP contribution is -1.63. The summed E-state index contributed by atoms with van der Waals surface area (Å²) in [5.74, 6) is 2.47. The van der Waals surface area contributed by atoms with Crippen LogP contribution in [0.2, 0.25) is 0 Å². The molecule has 0 bridgehead atoms. The van der Waals surface area contributed by atoms with Gasteiger partial charge in [-0.2, -0.15) is 8.42 Å². The number of hydrogen-bond acceptors (Lipinski definition) is 4. The Bertz CT molecular complexity index is 145. The van der Waals surface area contributed by atoms with Gasteiger partial charge in [-0.15, -0.1) is 0 Å². The molecule has 70 valence electrons. The van der Waals surface area contributed by atoms with Crippen molar-refractivity contribution in [2.45, 2.75) is 13.8 Å². The van der Waals surface area contributed by atoms with Crippen molar-refractivity contribution in [3.63, 3.8) is 0 Å². The standard InChI is InChI=1S/C4H10S2.Cl2O2S/c1-3-5-6-4-2;1-5(2,3)4/h3-4H2,1-2H3;. The average molecular weight is 257 g/mol. The fraction of sp³-hybridized carbons (Fsp3) is 1.00. The highest BCUT2D eigenvalue weighted by atomic mass is 36.0. The Balaban J connectivity index is 0. The molecule has 7 heteroatoms. The molecule has 0 heterocycles. The second-order valence-electron chi connectivity index (χ2n) is 1.19. The van der Waals surface area contributed by atoms with Crippen LogP contribution in [0.25, 0.3) is 0 Å². The van der Waals surface area contributed by atoms with Crippen molar-refractivity contribution in [2.24, 2.45) is 0 Å². The van der Waals surface area contributed by atoms with Crippen LogP contribution in [-0.4, -0.2) is 19.9 Å². The Hall–Kier alpha value is 1.23. The third-order valence-corrected chi connectivity index (χ3v) is 2.87. The van der Waals surface area contributed by atoms with Gasteiger partial charge in [0.05, 0.1) is 0 Å². The van der Waals surface area contributed by atoms with E-state index in [1.54, 1.807) is 0 Å². The summed E-state index contributed by atoms with van der Waals surface area (Å²) >= 11 is 0. The van der Waals surface area contributed by atoms with E-state index in [1.165, 1.54) is 11.5 Å². The van der Waals surface area contributed by atoms with Crippen molar-refractivity contribution in [3.8, 4) is 0 Å². The lowest BCUT2D eigenvalue weighted by atomic mass is 11.0. The highest BCUT2D eigenvalue weighted by molar-refractivity contribution is 8.76. The summed E-state index contributed by atoms with van der Waals surface area (Å²) in [6.45, 7) is 4.35. The van der Waals surface area contributed by atoms with Crippen molar-refractivity contribution in [1.29, 1.82) is 0 Å². The molecule has 11 heavy (non-hydrogen) atoms. The number of rotatable bonds is 3. The van der Waals surface area contributed by atoms with Crippen LogP contribution in [0.1, 0.15) is 13.8 Å². The predicted molar refractivity (Wildman–Crippen MR) is 56.9 cm³/mol. The summed E-state index contributed by atoms with van der Waals surface area (Å²) in [7, 11) is 8.66. The van der Waals surface area contributed by atoms with Gasteiger partial charge in [0.2, 0.25) is 0 Å². The first kappa shape index (κ1) is 14.7. The van der Waals surface area contributed by atoms with Gasteiger partial charge in [0.25, 0.3) is 0 Å². The Morgan fingerprint density at radius 2 is 1.27 bits per heavy atom. The molecule has 0 aromatic rings. The van der Waals surface area contributed by atoms with E-state index < -0.39 is 8.26 Å². The molecule has 2 nitrogen and oxygen atoms in total. The summed E-state index contributed by atoms with van der Waals surface area (Å²) in [5, 5.41) is 0. The molecule has 0 aliphatic heterocycles. The maximum atomic E-state index is 9.16. The summed E-state index contributed by atoms with van der Waals surface area (Å²) < 4.78 is 18.3. The molecule has 0 saturated heterocycles. The van der Waals surface area contributed by atoms with E-state index in [0.29, 0.717) is 0 Å². The Morgan fingerprint density at radius 3 is 1.36 bits per heavy atom. The van der Waals surface area contributed by atoms with E-state index in [1.807, 2.05) is 21.6 Å². The Kier molecular flexibility index (Phi) is 12.5. The zero-order chi connectivity index (χ0) is 9.33. The molecule has 0 aliphatic rings. The van der Waals surface area contributed by atoms with Crippen LogP contribution in [0.4, 0.5) is 0 Å². The molecule has 0 spiro atoms. The van der Waals surface area contributed by atoms with Gasteiger partial charge in [0, 0.05) is 32.9 Å². The SMILES string of the molecule is CCSSCC.O=S(=O)(Cl)Cl. The van der Waals surface area contributed by atoms with E-state index in [9.17, 15) is 0 Å². The quantitative estimate of drug-likeness (QED) is 0.442. The first-order chi connectivity index (χ1) is 4.91. The lowest BCUT2D eigenvalue weighted by Gasteiger charge is -1.86. The molecule has 0 aromatic heterocycles. The molecular weight excluding hydrogens is 247 g/mol. The highest BCUT2D eigenvalue weighted by Gasteiger charge is 1.88. The Morgan fingerprint density at radius 1 is 1.09 bits per heavy atom. The zero-order valence-electron chi connectivity index (χ0n) is 6.21. The van der Waals surface area contributed by atoms with E-state index >= 15 is 0 Å². The minimum absolute atomic E-state index is 1.23. The molecule has 0 rings (SSSR count). The molecule has 0 radical (unpaired) electrons. The number of halogens is 2. The third-order valence-electron chi connectivity index (χ3n) is 0.319. The molecule has 0 fully saturated rings. The van der Waals surface area contributed by atoms with Crippen molar-refractivity contribution in [2.75, 3.05) is 11.5 Å². The monoisotopic (exact) mass is 256 g/mol. The minimum atomic E-state index is -3.72. The number of hydrogen-bond donors (Lipinski definition) is 0. The van der Waals surface area contributed by atoms with Crippen molar-refractivity contribution in [3.05, 3.63) is 0 Å². The fourth-order valence-corrected chi connectivity index (χ4v) is 1.50. The molecule has 0 saturated carbocycles. The first-order valence-electron chi connectivity index (χ1n) is 2.80. The van der Waals surface area contributed by atoms with Crippen molar-refractivity contribution in [1.82, 2.24) is 0 Å². The second kappa shape index (κ2) is 9.32. The lowest BCUT2D eigenvalue weighted by molar-refractivity contribution is 0.621. The third kappa shape index (κ3) is 53.5. The summed E-state index contributed by atoms with van der Waals surface area (Å²) in [6, 6.07) is 0. The molecule has 0 aromatic carbocycles. The van der Waals surface area contributed by atoms with Gasteiger partial charge in [0.15, 0.2) is 0 Å². The van der Waals surface area contributed by atoms with E-state index in [4.69, 9.17) is 8.42 Å². The molecule has 0 unspecified atom stereocenters. The predicted octanol–water partition coefficient (Wildman–Crippen LogP) is 3.12. The van der Waals surface area contributed by atoms with E-state index in [0.717, 1.165) is 0 Å². The fourth-order valence-electron chi connectivity index (χ4n) is 0.167. The van der Waals surface area contributed by atoms with Gasteiger partial charge < -0.3 is 0 Å². The second-order valence-corrected chi connectivity index (χ2v) is 7.90. The molecule has 0 atom stereocenters. The van der Waals surface area contributed by atoms with Crippen molar-refractivity contribution < 1.29 is 8.42 Å². The Labute approximate surface area is 84.7 Å². The summed E-state index contributed by atoms with van der Waals surface area (Å²) in [6.07, 6.45) is 0. The average Bonchev–Trinajstić information content (AvgIpc) is 1.79. The normalized spacial score (nSPS) is 10.2. The van der Waals surface area contributed by atoms with Gasteiger partial charge in [0.1, 0.15) is 0 Å².